The lowest BCUT2D eigenvalue weighted by Crippen LogP contribution is -2.41. The van der Waals surface area contributed by atoms with Gasteiger partial charge in [0.2, 0.25) is 0 Å². The predicted molar refractivity (Wildman–Crippen MR) is 58.6 cm³/mol. The quantitative estimate of drug-likeness (QED) is 0.659. The summed E-state index contributed by atoms with van der Waals surface area (Å²) >= 11 is 0. The van der Waals surface area contributed by atoms with E-state index in [1.807, 2.05) is 6.07 Å². The van der Waals surface area contributed by atoms with E-state index in [2.05, 4.69) is 39.0 Å². The second-order valence-corrected chi connectivity index (χ2v) is 4.62. The van der Waals surface area contributed by atoms with Crippen molar-refractivity contribution in [2.75, 3.05) is 0 Å². The molecule has 1 heterocycles. The maximum absolute atomic E-state index is 6.02. The highest BCUT2D eigenvalue weighted by Gasteiger charge is 2.35. The number of hydrogen-bond acceptors (Lipinski definition) is 1. The zero-order valence-corrected chi connectivity index (χ0v) is 9.21. The van der Waals surface area contributed by atoms with E-state index in [4.69, 9.17) is 4.74 Å². The summed E-state index contributed by atoms with van der Waals surface area (Å²) in [5.41, 5.74) is 1.35. The third-order valence-electron chi connectivity index (χ3n) is 3.29. The summed E-state index contributed by atoms with van der Waals surface area (Å²) < 4.78 is 6.02. The molecule has 1 nitrogen and oxygen atoms in total. The van der Waals surface area contributed by atoms with Gasteiger partial charge in [-0.2, -0.15) is 0 Å². The van der Waals surface area contributed by atoms with Gasteiger partial charge >= 0.3 is 0 Å². The average molecular weight is 190 g/mol. The minimum Gasteiger partial charge on any atom is -0.487 e. The average Bonchev–Trinajstić information content (AvgIpc) is 2.15. The first-order chi connectivity index (χ1) is 6.63. The van der Waals surface area contributed by atoms with Crippen molar-refractivity contribution in [3.8, 4) is 5.75 Å². The number of fused-ring (bicyclic) bond motifs is 1. The van der Waals surface area contributed by atoms with Crippen LogP contribution in [-0.4, -0.2) is 5.60 Å². The maximum Gasteiger partial charge on any atom is 0.123 e. The van der Waals surface area contributed by atoms with Crippen LogP contribution in [0.2, 0.25) is 0 Å². The Labute approximate surface area is 86.1 Å². The highest BCUT2D eigenvalue weighted by Crippen LogP contribution is 2.37. The van der Waals surface area contributed by atoms with E-state index in [0.29, 0.717) is 5.92 Å². The van der Waals surface area contributed by atoms with Crippen LogP contribution in [-0.2, 0) is 6.42 Å². The van der Waals surface area contributed by atoms with Crippen molar-refractivity contribution in [2.45, 2.75) is 39.2 Å². The molecule has 1 aromatic carbocycles. The molecule has 0 aliphatic carbocycles. The van der Waals surface area contributed by atoms with Gasteiger partial charge in [-0.3, -0.25) is 0 Å². The van der Waals surface area contributed by atoms with Crippen LogP contribution in [0.4, 0.5) is 0 Å². The lowest BCUT2D eigenvalue weighted by atomic mass is 9.81. The molecule has 0 amide bonds. The van der Waals surface area contributed by atoms with Crippen LogP contribution in [0.3, 0.4) is 0 Å². The van der Waals surface area contributed by atoms with E-state index in [-0.39, 0.29) is 5.60 Å². The number of benzene rings is 1. The summed E-state index contributed by atoms with van der Waals surface area (Å²) in [5.74, 6) is 1.71. The van der Waals surface area contributed by atoms with E-state index >= 15 is 0 Å². The van der Waals surface area contributed by atoms with E-state index in [9.17, 15) is 0 Å². The monoisotopic (exact) mass is 190 g/mol. The minimum absolute atomic E-state index is 0.0108. The molecule has 2 rings (SSSR count). The summed E-state index contributed by atoms with van der Waals surface area (Å²) in [6.45, 7) is 6.62. The maximum atomic E-state index is 6.02. The summed E-state index contributed by atoms with van der Waals surface area (Å²) in [7, 11) is 0. The molecule has 76 valence electrons. The molecule has 0 aromatic heterocycles. The molecular formula is C13H18O. The van der Waals surface area contributed by atoms with Gasteiger partial charge in [0.15, 0.2) is 0 Å². The molecule has 1 aromatic rings. The fraction of sp³-hybridized carbons (Fsp3) is 0.538. The van der Waals surface area contributed by atoms with Crippen molar-refractivity contribution < 1.29 is 4.74 Å². The Morgan fingerprint density at radius 1 is 1.36 bits per heavy atom. The molecule has 0 N–H and O–H groups in total. The molecule has 1 aliphatic rings. The molecule has 1 aliphatic heterocycles. The van der Waals surface area contributed by atoms with Crippen molar-refractivity contribution in [2.24, 2.45) is 5.92 Å². The normalized spacial score (nSPS) is 23.8. The molecule has 0 fully saturated rings. The van der Waals surface area contributed by atoms with E-state index in [0.717, 1.165) is 12.2 Å². The van der Waals surface area contributed by atoms with Crippen molar-refractivity contribution in [1.82, 2.24) is 0 Å². The van der Waals surface area contributed by atoms with Crippen LogP contribution in [0.15, 0.2) is 24.3 Å². The van der Waals surface area contributed by atoms with Crippen molar-refractivity contribution >= 4 is 0 Å². The zero-order chi connectivity index (χ0) is 10.2. The van der Waals surface area contributed by atoms with Gasteiger partial charge in [0, 0.05) is 5.92 Å². The lowest BCUT2D eigenvalue weighted by Gasteiger charge is -2.39. The van der Waals surface area contributed by atoms with Crippen LogP contribution in [0.5, 0.6) is 5.75 Å². The molecule has 0 saturated carbocycles. The Hall–Kier alpha value is -0.980. The fourth-order valence-electron chi connectivity index (χ4n) is 2.29. The van der Waals surface area contributed by atoms with Gasteiger partial charge in [0.1, 0.15) is 11.4 Å². The molecule has 0 saturated heterocycles. The van der Waals surface area contributed by atoms with E-state index in [1.54, 1.807) is 0 Å². The van der Waals surface area contributed by atoms with Crippen LogP contribution in [0.1, 0.15) is 32.8 Å². The van der Waals surface area contributed by atoms with Crippen LogP contribution < -0.4 is 4.74 Å². The number of para-hydroxylation sites is 1. The Morgan fingerprint density at radius 2 is 2.07 bits per heavy atom. The van der Waals surface area contributed by atoms with Crippen molar-refractivity contribution in [3.05, 3.63) is 29.8 Å². The fourth-order valence-corrected chi connectivity index (χ4v) is 2.29. The van der Waals surface area contributed by atoms with Crippen molar-refractivity contribution in [1.29, 1.82) is 0 Å². The smallest absolute Gasteiger partial charge is 0.123 e. The standard InChI is InChI=1S/C13H18O/c1-4-11-9-10-7-5-6-8-12(10)14-13(11,2)3/h5-8,11H,4,9H2,1-3H3. The minimum atomic E-state index is -0.0108. The first-order valence-corrected chi connectivity index (χ1v) is 5.40. The second kappa shape index (κ2) is 3.30. The SMILES string of the molecule is CCC1Cc2ccccc2OC1(C)C. The molecule has 14 heavy (non-hydrogen) atoms. The summed E-state index contributed by atoms with van der Waals surface area (Å²) in [6, 6.07) is 8.38. The Kier molecular flexibility index (Phi) is 2.26. The Morgan fingerprint density at radius 3 is 2.79 bits per heavy atom. The summed E-state index contributed by atoms with van der Waals surface area (Å²) in [4.78, 5) is 0. The van der Waals surface area contributed by atoms with Gasteiger partial charge in [0.05, 0.1) is 0 Å². The molecule has 1 atom stereocenters. The third kappa shape index (κ3) is 1.52. The Balaban J connectivity index is 2.35. The van der Waals surface area contributed by atoms with Crippen LogP contribution in [0.25, 0.3) is 0 Å². The summed E-state index contributed by atoms with van der Waals surface area (Å²) in [5, 5.41) is 0. The van der Waals surface area contributed by atoms with Gasteiger partial charge in [-0.15, -0.1) is 0 Å². The highest BCUT2D eigenvalue weighted by atomic mass is 16.5. The summed E-state index contributed by atoms with van der Waals surface area (Å²) in [6.07, 6.45) is 2.33. The second-order valence-electron chi connectivity index (χ2n) is 4.62. The zero-order valence-electron chi connectivity index (χ0n) is 9.21. The first kappa shape index (κ1) is 9.57. The number of ether oxygens (including phenoxy) is 1. The van der Waals surface area contributed by atoms with Crippen molar-refractivity contribution in [3.63, 3.8) is 0 Å². The Bertz CT molecular complexity index is 328. The molecular weight excluding hydrogens is 172 g/mol. The van der Waals surface area contributed by atoms with Gasteiger partial charge < -0.3 is 4.74 Å². The number of hydrogen-bond donors (Lipinski definition) is 0. The van der Waals surface area contributed by atoms with E-state index < -0.39 is 0 Å². The highest BCUT2D eigenvalue weighted by molar-refractivity contribution is 5.36. The molecule has 0 spiro atoms. The lowest BCUT2D eigenvalue weighted by molar-refractivity contribution is 0.0251. The van der Waals surface area contributed by atoms with Crippen LogP contribution in [0, 0.1) is 5.92 Å². The largest absolute Gasteiger partial charge is 0.487 e. The third-order valence-corrected chi connectivity index (χ3v) is 3.29. The van der Waals surface area contributed by atoms with E-state index in [1.165, 1.54) is 12.0 Å². The topological polar surface area (TPSA) is 9.23 Å². The molecule has 1 unspecified atom stereocenters. The predicted octanol–water partition coefficient (Wildman–Crippen LogP) is 3.43. The van der Waals surface area contributed by atoms with Gasteiger partial charge in [0.25, 0.3) is 0 Å². The first-order valence-electron chi connectivity index (χ1n) is 5.40. The number of rotatable bonds is 1. The molecule has 0 bridgehead atoms. The molecule has 0 radical (unpaired) electrons. The van der Waals surface area contributed by atoms with Gasteiger partial charge in [-0.1, -0.05) is 25.1 Å². The van der Waals surface area contributed by atoms with Gasteiger partial charge in [-0.25, -0.2) is 0 Å². The molecule has 1 heteroatoms. The van der Waals surface area contributed by atoms with Crippen LogP contribution >= 0.6 is 0 Å². The van der Waals surface area contributed by atoms with Gasteiger partial charge in [-0.05, 0) is 38.3 Å².